The van der Waals surface area contributed by atoms with Crippen LogP contribution in [0.25, 0.3) is 0 Å². The Morgan fingerprint density at radius 3 is 2.62 bits per heavy atom. The Hall–Kier alpha value is -2.08. The molecule has 2 unspecified atom stereocenters. The first-order valence-electron chi connectivity index (χ1n) is 7.05. The normalized spacial score (nSPS) is 21.0. The summed E-state index contributed by atoms with van der Waals surface area (Å²) in [5, 5.41) is 11.4. The second-order valence-electron chi connectivity index (χ2n) is 5.23. The van der Waals surface area contributed by atoms with E-state index in [0.29, 0.717) is 18.0 Å². The Labute approximate surface area is 123 Å². The van der Waals surface area contributed by atoms with Gasteiger partial charge in [-0.2, -0.15) is 0 Å². The van der Waals surface area contributed by atoms with Crippen LogP contribution in [0.5, 0.6) is 5.75 Å². The van der Waals surface area contributed by atoms with E-state index < -0.39 is 5.97 Å². The molecule has 1 aromatic rings. The van der Waals surface area contributed by atoms with Crippen molar-refractivity contribution in [1.29, 1.82) is 0 Å². The maximum Gasteiger partial charge on any atom is 0.341 e. The molecular formula is C15H20N2O4. The molecule has 2 atom stereocenters. The molecular weight excluding hydrogens is 272 g/mol. The van der Waals surface area contributed by atoms with Crippen molar-refractivity contribution >= 4 is 17.6 Å². The zero-order valence-electron chi connectivity index (χ0n) is 11.7. The molecule has 0 heterocycles. The predicted molar refractivity (Wildman–Crippen MR) is 78.1 cm³/mol. The van der Waals surface area contributed by atoms with Crippen LogP contribution in [0, 0.1) is 11.8 Å². The van der Waals surface area contributed by atoms with E-state index >= 15 is 0 Å². The Bertz CT molecular complexity index is 501. The number of benzene rings is 1. The molecule has 1 fully saturated rings. The summed E-state index contributed by atoms with van der Waals surface area (Å²) >= 11 is 0. The quantitative estimate of drug-likeness (QED) is 0.737. The first-order chi connectivity index (χ1) is 10.1. The fraction of sp³-hybridized carbons (Fsp3) is 0.467. The van der Waals surface area contributed by atoms with Gasteiger partial charge in [0, 0.05) is 11.6 Å². The minimum Gasteiger partial charge on any atom is -0.482 e. The number of carbonyl (C=O) groups is 2. The van der Waals surface area contributed by atoms with Gasteiger partial charge in [0.05, 0.1) is 0 Å². The molecule has 1 aliphatic carbocycles. The SMILES string of the molecule is NCC1CCCC1C(=O)Nc1ccc(OCC(=O)O)cc1. The van der Waals surface area contributed by atoms with Crippen LogP contribution >= 0.6 is 0 Å². The lowest BCUT2D eigenvalue weighted by molar-refractivity contribution is -0.139. The number of anilines is 1. The van der Waals surface area contributed by atoms with Gasteiger partial charge in [-0.05, 0) is 49.6 Å². The number of amides is 1. The number of hydrogen-bond acceptors (Lipinski definition) is 4. The lowest BCUT2D eigenvalue weighted by atomic mass is 9.95. The van der Waals surface area contributed by atoms with E-state index in [0.717, 1.165) is 19.3 Å². The second kappa shape index (κ2) is 7.08. The lowest BCUT2D eigenvalue weighted by Gasteiger charge is -2.17. The molecule has 21 heavy (non-hydrogen) atoms. The van der Waals surface area contributed by atoms with Crippen molar-refractivity contribution in [3.05, 3.63) is 24.3 Å². The van der Waals surface area contributed by atoms with E-state index in [9.17, 15) is 9.59 Å². The molecule has 1 saturated carbocycles. The summed E-state index contributed by atoms with van der Waals surface area (Å²) in [6.07, 6.45) is 2.94. The molecule has 0 bridgehead atoms. The monoisotopic (exact) mass is 292 g/mol. The molecule has 0 radical (unpaired) electrons. The summed E-state index contributed by atoms with van der Waals surface area (Å²) in [7, 11) is 0. The van der Waals surface area contributed by atoms with Gasteiger partial charge in [0.1, 0.15) is 5.75 Å². The molecule has 114 valence electrons. The fourth-order valence-electron chi connectivity index (χ4n) is 2.68. The first-order valence-corrected chi connectivity index (χ1v) is 7.05. The highest BCUT2D eigenvalue weighted by Gasteiger charge is 2.31. The van der Waals surface area contributed by atoms with Crippen molar-refractivity contribution in [1.82, 2.24) is 0 Å². The van der Waals surface area contributed by atoms with Crippen molar-refractivity contribution in [3.8, 4) is 5.75 Å². The molecule has 0 spiro atoms. The number of rotatable bonds is 6. The third kappa shape index (κ3) is 4.19. The Balaban J connectivity index is 1.90. The molecule has 6 nitrogen and oxygen atoms in total. The van der Waals surface area contributed by atoms with Gasteiger partial charge in [-0.3, -0.25) is 4.79 Å². The van der Waals surface area contributed by atoms with Crippen LogP contribution in [0.4, 0.5) is 5.69 Å². The summed E-state index contributed by atoms with van der Waals surface area (Å²) in [6, 6.07) is 6.66. The van der Waals surface area contributed by atoms with Crippen molar-refractivity contribution in [2.24, 2.45) is 17.6 Å². The van der Waals surface area contributed by atoms with E-state index in [1.807, 2.05) is 0 Å². The maximum absolute atomic E-state index is 12.2. The molecule has 0 saturated heterocycles. The summed E-state index contributed by atoms with van der Waals surface area (Å²) in [5.74, 6) is -0.319. The average molecular weight is 292 g/mol. The van der Waals surface area contributed by atoms with Gasteiger partial charge in [-0.25, -0.2) is 4.79 Å². The molecule has 1 amide bonds. The van der Waals surface area contributed by atoms with Crippen LogP contribution < -0.4 is 15.8 Å². The lowest BCUT2D eigenvalue weighted by Crippen LogP contribution is -2.29. The van der Waals surface area contributed by atoms with Gasteiger partial charge in [0.2, 0.25) is 5.91 Å². The van der Waals surface area contributed by atoms with Crippen molar-refractivity contribution in [2.45, 2.75) is 19.3 Å². The Kier molecular flexibility index (Phi) is 5.16. The molecule has 1 aromatic carbocycles. The van der Waals surface area contributed by atoms with Gasteiger partial charge in [0.15, 0.2) is 6.61 Å². The Morgan fingerprint density at radius 2 is 2.00 bits per heavy atom. The van der Waals surface area contributed by atoms with E-state index in [4.69, 9.17) is 15.6 Å². The third-order valence-corrected chi connectivity index (χ3v) is 3.78. The Morgan fingerprint density at radius 1 is 1.29 bits per heavy atom. The van der Waals surface area contributed by atoms with Gasteiger partial charge in [0.25, 0.3) is 0 Å². The van der Waals surface area contributed by atoms with Gasteiger partial charge in [-0.15, -0.1) is 0 Å². The van der Waals surface area contributed by atoms with Gasteiger partial charge >= 0.3 is 5.97 Å². The van der Waals surface area contributed by atoms with Crippen LogP contribution in [-0.2, 0) is 9.59 Å². The highest BCUT2D eigenvalue weighted by molar-refractivity contribution is 5.93. The molecule has 4 N–H and O–H groups in total. The van der Waals surface area contributed by atoms with E-state index in [1.54, 1.807) is 24.3 Å². The van der Waals surface area contributed by atoms with Crippen LogP contribution in [-0.4, -0.2) is 30.1 Å². The number of carboxylic acid groups (broad SMARTS) is 1. The van der Waals surface area contributed by atoms with E-state index in [1.165, 1.54) is 0 Å². The standard InChI is InChI=1S/C15H20N2O4/c16-8-10-2-1-3-13(10)15(20)17-11-4-6-12(7-5-11)21-9-14(18)19/h4-7,10,13H,1-3,8-9,16H2,(H,17,20)(H,18,19). The number of hydrogen-bond donors (Lipinski definition) is 3. The van der Waals surface area contributed by atoms with Crippen LogP contribution in [0.15, 0.2) is 24.3 Å². The van der Waals surface area contributed by atoms with Crippen LogP contribution in [0.1, 0.15) is 19.3 Å². The van der Waals surface area contributed by atoms with Gasteiger partial charge < -0.3 is 20.9 Å². The molecule has 2 rings (SSSR count). The van der Waals surface area contributed by atoms with Crippen molar-refractivity contribution in [2.75, 3.05) is 18.5 Å². The van der Waals surface area contributed by atoms with Gasteiger partial charge in [-0.1, -0.05) is 6.42 Å². The minimum absolute atomic E-state index is 0.00199. The highest BCUT2D eigenvalue weighted by Crippen LogP contribution is 2.32. The zero-order valence-corrected chi connectivity index (χ0v) is 11.7. The number of nitrogens with two attached hydrogens (primary N) is 1. The van der Waals surface area contributed by atoms with Crippen LogP contribution in [0.2, 0.25) is 0 Å². The fourth-order valence-corrected chi connectivity index (χ4v) is 2.68. The second-order valence-corrected chi connectivity index (χ2v) is 5.23. The minimum atomic E-state index is -1.03. The molecule has 0 aliphatic heterocycles. The van der Waals surface area contributed by atoms with E-state index in [-0.39, 0.29) is 24.3 Å². The topological polar surface area (TPSA) is 102 Å². The molecule has 6 heteroatoms. The molecule has 0 aromatic heterocycles. The number of carboxylic acids is 1. The molecule has 1 aliphatic rings. The van der Waals surface area contributed by atoms with E-state index in [2.05, 4.69) is 5.32 Å². The highest BCUT2D eigenvalue weighted by atomic mass is 16.5. The summed E-state index contributed by atoms with van der Waals surface area (Å²) in [4.78, 5) is 22.6. The number of ether oxygens (including phenoxy) is 1. The third-order valence-electron chi connectivity index (χ3n) is 3.78. The van der Waals surface area contributed by atoms with Crippen LogP contribution in [0.3, 0.4) is 0 Å². The summed E-state index contributed by atoms with van der Waals surface area (Å²) in [6.45, 7) is 0.159. The summed E-state index contributed by atoms with van der Waals surface area (Å²) < 4.78 is 5.03. The average Bonchev–Trinajstić information content (AvgIpc) is 2.95. The number of aliphatic carboxylic acids is 1. The number of nitrogens with one attached hydrogen (secondary N) is 1. The largest absolute Gasteiger partial charge is 0.482 e. The maximum atomic E-state index is 12.2. The zero-order chi connectivity index (χ0) is 15.2. The van der Waals surface area contributed by atoms with Crippen molar-refractivity contribution < 1.29 is 19.4 Å². The summed E-state index contributed by atoms with van der Waals surface area (Å²) in [5.41, 5.74) is 6.36. The predicted octanol–water partition coefficient (Wildman–Crippen LogP) is 1.46. The smallest absolute Gasteiger partial charge is 0.341 e. The number of carbonyl (C=O) groups excluding carboxylic acids is 1. The first kappa shape index (κ1) is 15.3. The van der Waals surface area contributed by atoms with Crippen molar-refractivity contribution in [3.63, 3.8) is 0 Å².